The Morgan fingerprint density at radius 3 is 2.87 bits per heavy atom. The third-order valence-electron chi connectivity index (χ3n) is 4.64. The van der Waals surface area contributed by atoms with Crippen LogP contribution in [0.4, 0.5) is 4.39 Å². The lowest BCUT2D eigenvalue weighted by Crippen LogP contribution is -2.44. The molecule has 0 saturated carbocycles. The van der Waals surface area contributed by atoms with Crippen LogP contribution in [-0.4, -0.2) is 52.9 Å². The molecule has 0 radical (unpaired) electrons. The minimum atomic E-state index is -0.621. The van der Waals surface area contributed by atoms with Crippen LogP contribution in [0.25, 0.3) is 0 Å². The Morgan fingerprint density at radius 1 is 1.30 bits per heavy atom. The number of nitrogens with zero attached hydrogens (tertiary/aromatic N) is 2. The van der Waals surface area contributed by atoms with Crippen molar-refractivity contribution in [3.8, 4) is 5.75 Å². The summed E-state index contributed by atoms with van der Waals surface area (Å²) in [7, 11) is 0. The summed E-state index contributed by atoms with van der Waals surface area (Å²) in [6, 6.07) is 3.50. The normalized spacial score (nSPS) is 21.8. The quantitative estimate of drug-likeness (QED) is 0.927. The molecule has 2 heterocycles. The van der Waals surface area contributed by atoms with E-state index in [9.17, 15) is 19.1 Å². The summed E-state index contributed by atoms with van der Waals surface area (Å²) >= 11 is 0. The van der Waals surface area contributed by atoms with Gasteiger partial charge in [-0.15, -0.1) is 0 Å². The summed E-state index contributed by atoms with van der Waals surface area (Å²) in [5.41, 5.74) is -0.0945. The van der Waals surface area contributed by atoms with Gasteiger partial charge in [-0.1, -0.05) is 0 Å². The van der Waals surface area contributed by atoms with Crippen LogP contribution in [-0.2, 0) is 4.79 Å². The summed E-state index contributed by atoms with van der Waals surface area (Å²) < 4.78 is 13.8. The topological polar surface area (TPSA) is 60.9 Å². The number of aromatic hydroxyl groups is 1. The van der Waals surface area contributed by atoms with Crippen molar-refractivity contribution in [2.45, 2.75) is 25.7 Å². The van der Waals surface area contributed by atoms with Gasteiger partial charge in [-0.3, -0.25) is 9.59 Å². The van der Waals surface area contributed by atoms with Gasteiger partial charge in [0.05, 0.1) is 5.56 Å². The molecule has 23 heavy (non-hydrogen) atoms. The Labute approximate surface area is 134 Å². The van der Waals surface area contributed by atoms with Gasteiger partial charge in [0.25, 0.3) is 5.91 Å². The molecular formula is C17H21FN2O3. The maximum atomic E-state index is 13.8. The number of piperidine rings is 1. The van der Waals surface area contributed by atoms with Gasteiger partial charge in [-0.05, 0) is 43.4 Å². The maximum Gasteiger partial charge on any atom is 0.256 e. The molecule has 124 valence electrons. The highest BCUT2D eigenvalue weighted by atomic mass is 19.1. The van der Waals surface area contributed by atoms with Gasteiger partial charge < -0.3 is 14.9 Å². The van der Waals surface area contributed by atoms with Gasteiger partial charge in [0, 0.05) is 32.6 Å². The standard InChI is InChI=1S/C17H21FN2O3/c18-15-6-5-13(21)9-14(15)17(23)20-8-1-3-12(11-20)10-19-7-2-4-16(19)22/h5-6,9,12,21H,1-4,7-8,10-11H2/t12-/m0/s1. The van der Waals surface area contributed by atoms with Gasteiger partial charge >= 0.3 is 0 Å². The molecule has 2 amide bonds. The van der Waals surface area contributed by atoms with Crippen molar-refractivity contribution in [3.05, 3.63) is 29.6 Å². The van der Waals surface area contributed by atoms with Gasteiger partial charge in [0.15, 0.2) is 0 Å². The fourth-order valence-corrected chi connectivity index (χ4v) is 3.45. The third-order valence-corrected chi connectivity index (χ3v) is 4.64. The Bertz CT molecular complexity index is 620. The van der Waals surface area contributed by atoms with Crippen LogP contribution in [0.3, 0.4) is 0 Å². The number of hydrogen-bond donors (Lipinski definition) is 1. The molecule has 0 aliphatic carbocycles. The fraction of sp³-hybridized carbons (Fsp3) is 0.529. The molecule has 1 aromatic rings. The first-order valence-electron chi connectivity index (χ1n) is 8.10. The number of benzene rings is 1. The fourth-order valence-electron chi connectivity index (χ4n) is 3.45. The van der Waals surface area contributed by atoms with Crippen LogP contribution < -0.4 is 0 Å². The van der Waals surface area contributed by atoms with E-state index >= 15 is 0 Å². The number of likely N-dealkylation sites (tertiary alicyclic amines) is 2. The molecule has 2 aliphatic heterocycles. The average Bonchev–Trinajstić information content (AvgIpc) is 2.94. The molecule has 2 saturated heterocycles. The van der Waals surface area contributed by atoms with E-state index in [2.05, 4.69) is 0 Å². The predicted molar refractivity (Wildman–Crippen MR) is 82.5 cm³/mol. The smallest absolute Gasteiger partial charge is 0.256 e. The van der Waals surface area contributed by atoms with Crippen LogP contribution in [0.5, 0.6) is 5.75 Å². The lowest BCUT2D eigenvalue weighted by atomic mass is 9.96. The minimum absolute atomic E-state index is 0.0945. The Balaban J connectivity index is 1.67. The second-order valence-electron chi connectivity index (χ2n) is 6.37. The zero-order valence-corrected chi connectivity index (χ0v) is 13.0. The molecule has 1 atom stereocenters. The number of hydrogen-bond acceptors (Lipinski definition) is 3. The van der Waals surface area contributed by atoms with Crippen LogP contribution >= 0.6 is 0 Å². The van der Waals surface area contributed by atoms with Crippen molar-refractivity contribution in [1.82, 2.24) is 9.80 Å². The van der Waals surface area contributed by atoms with Gasteiger partial charge in [-0.25, -0.2) is 4.39 Å². The van der Waals surface area contributed by atoms with E-state index in [4.69, 9.17) is 0 Å². The summed E-state index contributed by atoms with van der Waals surface area (Å²) in [4.78, 5) is 27.7. The maximum absolute atomic E-state index is 13.8. The van der Waals surface area contributed by atoms with E-state index in [0.717, 1.165) is 31.9 Å². The summed E-state index contributed by atoms with van der Waals surface area (Å²) in [6.45, 7) is 2.58. The largest absolute Gasteiger partial charge is 0.508 e. The van der Waals surface area contributed by atoms with E-state index in [0.29, 0.717) is 26.1 Å². The van der Waals surface area contributed by atoms with Crippen molar-refractivity contribution < 1.29 is 19.1 Å². The van der Waals surface area contributed by atoms with E-state index in [1.165, 1.54) is 12.1 Å². The molecule has 3 rings (SSSR count). The summed E-state index contributed by atoms with van der Waals surface area (Å²) in [6.07, 6.45) is 3.33. The Hall–Kier alpha value is -2.11. The van der Waals surface area contributed by atoms with Gasteiger partial charge in [0.1, 0.15) is 11.6 Å². The Kier molecular flexibility index (Phi) is 4.50. The molecule has 2 fully saturated rings. The molecule has 1 aromatic carbocycles. The second kappa shape index (κ2) is 6.56. The van der Waals surface area contributed by atoms with E-state index < -0.39 is 11.7 Å². The highest BCUT2D eigenvalue weighted by molar-refractivity contribution is 5.95. The zero-order valence-electron chi connectivity index (χ0n) is 13.0. The monoisotopic (exact) mass is 320 g/mol. The number of phenols is 1. The average molecular weight is 320 g/mol. The van der Waals surface area contributed by atoms with Crippen LogP contribution in [0, 0.1) is 11.7 Å². The van der Waals surface area contributed by atoms with Crippen molar-refractivity contribution in [2.24, 2.45) is 5.92 Å². The van der Waals surface area contributed by atoms with Crippen LogP contribution in [0.15, 0.2) is 18.2 Å². The predicted octanol–water partition coefficient (Wildman–Crippen LogP) is 2.01. The lowest BCUT2D eigenvalue weighted by Gasteiger charge is -2.34. The first-order chi connectivity index (χ1) is 11.0. The molecule has 1 N–H and O–H groups in total. The van der Waals surface area contributed by atoms with Crippen molar-refractivity contribution in [1.29, 1.82) is 0 Å². The number of amides is 2. The minimum Gasteiger partial charge on any atom is -0.508 e. The van der Waals surface area contributed by atoms with E-state index in [-0.39, 0.29) is 23.1 Å². The lowest BCUT2D eigenvalue weighted by molar-refractivity contribution is -0.128. The highest BCUT2D eigenvalue weighted by Crippen LogP contribution is 2.24. The van der Waals surface area contributed by atoms with Gasteiger partial charge in [0.2, 0.25) is 5.91 Å². The number of phenolic OH excluding ortho intramolecular Hbond substituents is 1. The zero-order chi connectivity index (χ0) is 16.4. The van der Waals surface area contributed by atoms with Crippen LogP contribution in [0.2, 0.25) is 0 Å². The second-order valence-corrected chi connectivity index (χ2v) is 6.37. The summed E-state index contributed by atoms with van der Waals surface area (Å²) in [5, 5.41) is 9.47. The van der Waals surface area contributed by atoms with E-state index in [1.54, 1.807) is 4.90 Å². The molecule has 2 aliphatic rings. The molecule has 0 aromatic heterocycles. The number of halogens is 1. The highest BCUT2D eigenvalue weighted by Gasteiger charge is 2.29. The number of rotatable bonds is 3. The Morgan fingerprint density at radius 2 is 2.13 bits per heavy atom. The van der Waals surface area contributed by atoms with E-state index in [1.807, 2.05) is 4.90 Å². The summed E-state index contributed by atoms with van der Waals surface area (Å²) in [5.74, 6) is -0.714. The van der Waals surface area contributed by atoms with Crippen molar-refractivity contribution in [2.75, 3.05) is 26.2 Å². The van der Waals surface area contributed by atoms with Gasteiger partial charge in [-0.2, -0.15) is 0 Å². The number of carbonyl (C=O) groups is 2. The van der Waals surface area contributed by atoms with Crippen LogP contribution in [0.1, 0.15) is 36.0 Å². The first kappa shape index (κ1) is 15.8. The molecule has 6 heteroatoms. The molecule has 0 bridgehead atoms. The van der Waals surface area contributed by atoms with Crippen molar-refractivity contribution >= 4 is 11.8 Å². The SMILES string of the molecule is O=C1CCCN1C[C@@H]1CCCN(C(=O)c2cc(O)ccc2F)C1. The molecular weight excluding hydrogens is 299 g/mol. The first-order valence-corrected chi connectivity index (χ1v) is 8.10. The molecule has 5 nitrogen and oxygen atoms in total. The molecule has 0 unspecified atom stereocenters. The van der Waals surface area contributed by atoms with Crippen molar-refractivity contribution in [3.63, 3.8) is 0 Å². The number of carbonyl (C=O) groups excluding carboxylic acids is 2. The third kappa shape index (κ3) is 3.46. The molecule has 0 spiro atoms.